The third-order valence-electron chi connectivity index (χ3n) is 5.26. The number of fused-ring (bicyclic) bond motifs is 3. The number of aromatic amines is 1. The number of hydrogen-bond acceptors (Lipinski definition) is 5. The van der Waals surface area contributed by atoms with Gasteiger partial charge in [-0.1, -0.05) is 11.2 Å². The Morgan fingerprint density at radius 2 is 2.10 bits per heavy atom. The second-order valence-corrected chi connectivity index (χ2v) is 7.58. The molecule has 2 aromatic carbocycles. The molecule has 0 amide bonds. The lowest BCUT2D eigenvalue weighted by molar-refractivity contribution is 0.242. The van der Waals surface area contributed by atoms with E-state index in [9.17, 15) is 5.26 Å². The molecule has 2 heterocycles. The molecule has 0 atom stereocenters. The first kappa shape index (κ1) is 17.5. The van der Waals surface area contributed by atoms with Gasteiger partial charge in [0, 0.05) is 22.2 Å². The maximum atomic E-state index is 9.66. The lowest BCUT2D eigenvalue weighted by Gasteiger charge is -2.12. The first-order chi connectivity index (χ1) is 14.1. The Kier molecular flexibility index (Phi) is 4.09. The van der Waals surface area contributed by atoms with Crippen molar-refractivity contribution in [3.05, 3.63) is 53.2 Å². The molecule has 0 saturated heterocycles. The van der Waals surface area contributed by atoms with Gasteiger partial charge < -0.3 is 14.2 Å². The Morgan fingerprint density at radius 1 is 1.21 bits per heavy atom. The molecule has 0 spiro atoms. The number of rotatable bonds is 4. The number of H-pyrrole nitrogens is 1. The van der Waals surface area contributed by atoms with Gasteiger partial charge in [0.2, 0.25) is 5.82 Å². The van der Waals surface area contributed by atoms with E-state index in [0.717, 1.165) is 23.9 Å². The topological polar surface area (TPSA) is 87.7 Å². The molecule has 1 aliphatic rings. The molecule has 29 heavy (non-hydrogen) atoms. The molecule has 0 unspecified atom stereocenters. The van der Waals surface area contributed by atoms with Gasteiger partial charge in [0.05, 0.1) is 11.7 Å². The first-order valence-corrected chi connectivity index (χ1v) is 9.81. The Labute approximate surface area is 168 Å². The largest absolute Gasteiger partial charge is 0.490 e. The van der Waals surface area contributed by atoms with E-state index in [2.05, 4.69) is 33.3 Å². The number of hydrogen-bond donors (Lipinski definition) is 1. The van der Waals surface area contributed by atoms with Crippen molar-refractivity contribution >= 4 is 10.9 Å². The fraction of sp³-hybridized carbons (Fsp3) is 0.261. The number of aryl methyl sites for hydroxylation is 2. The molecular weight excluding hydrogens is 364 g/mol. The Morgan fingerprint density at radius 3 is 2.93 bits per heavy atom. The van der Waals surface area contributed by atoms with Crippen LogP contribution in [0.1, 0.15) is 37.1 Å². The minimum Gasteiger partial charge on any atom is -0.490 e. The van der Waals surface area contributed by atoms with Crippen molar-refractivity contribution in [2.75, 3.05) is 0 Å². The van der Waals surface area contributed by atoms with Crippen LogP contribution in [0.2, 0.25) is 0 Å². The predicted molar refractivity (Wildman–Crippen MR) is 110 cm³/mol. The number of nitrogens with zero attached hydrogens (tertiary/aromatic N) is 3. The summed E-state index contributed by atoms with van der Waals surface area (Å²) in [5.41, 5.74) is 5.76. The van der Waals surface area contributed by atoms with Crippen LogP contribution in [0, 0.1) is 11.3 Å². The van der Waals surface area contributed by atoms with Gasteiger partial charge in [-0.2, -0.15) is 10.2 Å². The lowest BCUT2D eigenvalue weighted by Crippen LogP contribution is -2.07. The molecular formula is C23H20N4O2. The summed E-state index contributed by atoms with van der Waals surface area (Å²) in [5, 5.41) is 15.1. The fourth-order valence-electron chi connectivity index (χ4n) is 4.01. The van der Waals surface area contributed by atoms with Gasteiger partial charge in [-0.05, 0) is 69.0 Å². The van der Waals surface area contributed by atoms with Crippen molar-refractivity contribution in [1.29, 1.82) is 5.26 Å². The first-order valence-electron chi connectivity index (χ1n) is 9.81. The van der Waals surface area contributed by atoms with Crippen molar-refractivity contribution in [2.24, 2.45) is 0 Å². The highest BCUT2D eigenvalue weighted by molar-refractivity contribution is 5.89. The minimum absolute atomic E-state index is 0.0367. The van der Waals surface area contributed by atoms with E-state index in [0.29, 0.717) is 28.6 Å². The average molecular weight is 384 g/mol. The van der Waals surface area contributed by atoms with Crippen molar-refractivity contribution in [3.8, 4) is 34.7 Å². The maximum Gasteiger partial charge on any atom is 0.259 e. The highest BCUT2D eigenvalue weighted by atomic mass is 16.5. The Balaban J connectivity index is 1.55. The highest BCUT2D eigenvalue weighted by Crippen LogP contribution is 2.34. The van der Waals surface area contributed by atoms with Crippen molar-refractivity contribution in [1.82, 2.24) is 15.1 Å². The molecule has 4 aromatic rings. The monoisotopic (exact) mass is 384 g/mol. The molecule has 2 aromatic heterocycles. The predicted octanol–water partition coefficient (Wildman–Crippen LogP) is 5.03. The molecule has 0 radical (unpaired) electrons. The summed E-state index contributed by atoms with van der Waals surface area (Å²) in [5.74, 6) is 1.34. The zero-order chi connectivity index (χ0) is 20.0. The maximum absolute atomic E-state index is 9.66. The summed E-state index contributed by atoms with van der Waals surface area (Å²) in [6, 6.07) is 13.8. The molecule has 0 aliphatic heterocycles. The second kappa shape index (κ2) is 6.78. The summed E-state index contributed by atoms with van der Waals surface area (Å²) in [6.45, 7) is 3.85. The minimum atomic E-state index is -0.0367. The van der Waals surface area contributed by atoms with E-state index in [4.69, 9.17) is 9.26 Å². The number of benzene rings is 2. The van der Waals surface area contributed by atoms with Crippen LogP contribution in [0.3, 0.4) is 0 Å². The number of ether oxygens (including phenoxy) is 1. The Hall–Kier alpha value is -3.59. The zero-order valence-electron chi connectivity index (χ0n) is 16.3. The summed E-state index contributed by atoms with van der Waals surface area (Å²) in [6.07, 6.45) is 3.37. The van der Waals surface area contributed by atoms with Crippen LogP contribution < -0.4 is 4.74 Å². The normalized spacial score (nSPS) is 13.0. The number of nitriles is 1. The SMILES string of the molecule is CC(C)Oc1cccc(-c2nc(-c3ccc4[nH]c5c(c4c3)CCC5)no2)c1C#N. The van der Waals surface area contributed by atoms with Crippen LogP contribution in [-0.4, -0.2) is 21.2 Å². The summed E-state index contributed by atoms with van der Waals surface area (Å²) in [7, 11) is 0. The van der Waals surface area contributed by atoms with Gasteiger partial charge >= 0.3 is 0 Å². The van der Waals surface area contributed by atoms with Crippen LogP contribution >= 0.6 is 0 Å². The molecule has 144 valence electrons. The van der Waals surface area contributed by atoms with Gasteiger partial charge in [0.15, 0.2) is 0 Å². The van der Waals surface area contributed by atoms with Crippen molar-refractivity contribution < 1.29 is 9.26 Å². The highest BCUT2D eigenvalue weighted by Gasteiger charge is 2.20. The van der Waals surface area contributed by atoms with E-state index in [1.54, 1.807) is 12.1 Å². The average Bonchev–Trinajstić information content (AvgIpc) is 3.43. The van der Waals surface area contributed by atoms with Gasteiger partial charge in [-0.3, -0.25) is 0 Å². The molecule has 0 fully saturated rings. The van der Waals surface area contributed by atoms with Crippen LogP contribution in [-0.2, 0) is 12.8 Å². The van der Waals surface area contributed by atoms with E-state index in [1.807, 2.05) is 26.0 Å². The van der Waals surface area contributed by atoms with Gasteiger partial charge in [-0.15, -0.1) is 0 Å². The Bertz CT molecular complexity index is 1260. The quantitative estimate of drug-likeness (QED) is 0.533. The summed E-state index contributed by atoms with van der Waals surface area (Å²) >= 11 is 0. The van der Waals surface area contributed by atoms with E-state index >= 15 is 0 Å². The lowest BCUT2D eigenvalue weighted by atomic mass is 10.1. The fourth-order valence-corrected chi connectivity index (χ4v) is 4.01. The number of aromatic nitrogens is 3. The van der Waals surface area contributed by atoms with E-state index < -0.39 is 0 Å². The third-order valence-corrected chi connectivity index (χ3v) is 5.26. The summed E-state index contributed by atoms with van der Waals surface area (Å²) < 4.78 is 11.3. The van der Waals surface area contributed by atoms with Crippen LogP contribution in [0.15, 0.2) is 40.9 Å². The zero-order valence-corrected chi connectivity index (χ0v) is 16.3. The number of nitrogens with one attached hydrogen (secondary N) is 1. The molecule has 5 rings (SSSR count). The standard InChI is InChI=1S/C23H20N4O2/c1-13(2)28-21-8-4-6-16(18(21)12-24)23-26-22(27-29-23)14-9-10-20-17(11-14)15-5-3-7-19(15)25-20/h4,6,8-11,13,25H,3,5,7H2,1-2H3. The van der Waals surface area contributed by atoms with E-state index in [-0.39, 0.29) is 6.10 Å². The van der Waals surface area contributed by atoms with Crippen LogP contribution in [0.5, 0.6) is 5.75 Å². The molecule has 6 nitrogen and oxygen atoms in total. The van der Waals surface area contributed by atoms with E-state index in [1.165, 1.54) is 23.1 Å². The molecule has 1 aliphatic carbocycles. The summed E-state index contributed by atoms with van der Waals surface area (Å²) in [4.78, 5) is 8.08. The van der Waals surface area contributed by atoms with Crippen molar-refractivity contribution in [2.45, 2.75) is 39.2 Å². The van der Waals surface area contributed by atoms with Crippen molar-refractivity contribution in [3.63, 3.8) is 0 Å². The molecule has 0 bridgehead atoms. The van der Waals surface area contributed by atoms with Gasteiger partial charge in [0.1, 0.15) is 17.4 Å². The third kappa shape index (κ3) is 2.95. The van der Waals surface area contributed by atoms with Gasteiger partial charge in [-0.25, -0.2) is 0 Å². The van der Waals surface area contributed by atoms with Gasteiger partial charge in [0.25, 0.3) is 5.89 Å². The van der Waals surface area contributed by atoms with Crippen LogP contribution in [0.4, 0.5) is 0 Å². The van der Waals surface area contributed by atoms with Crippen LogP contribution in [0.25, 0.3) is 33.7 Å². The molecule has 1 N–H and O–H groups in total. The smallest absolute Gasteiger partial charge is 0.259 e. The second-order valence-electron chi connectivity index (χ2n) is 7.58. The molecule has 0 saturated carbocycles. The molecule has 6 heteroatoms.